The van der Waals surface area contributed by atoms with Crippen molar-refractivity contribution in [3.8, 4) is 17.2 Å². The smallest absolute Gasteiger partial charge is 0.259 e. The summed E-state index contributed by atoms with van der Waals surface area (Å²) in [5.41, 5.74) is 1.68. The van der Waals surface area contributed by atoms with Crippen LogP contribution < -0.4 is 10.1 Å². The second-order valence-corrected chi connectivity index (χ2v) is 6.50. The Balaban J connectivity index is 1.33. The first-order chi connectivity index (χ1) is 14.3. The van der Waals surface area contributed by atoms with Gasteiger partial charge in [0.05, 0.1) is 11.3 Å². The molecular formula is C21H20N6O2. The van der Waals surface area contributed by atoms with Crippen LogP contribution in [0.1, 0.15) is 18.4 Å². The minimum atomic E-state index is 0.162. The first kappa shape index (κ1) is 18.5. The van der Waals surface area contributed by atoms with Gasteiger partial charge in [-0.25, -0.2) is 4.98 Å². The topological polar surface area (TPSA) is 98.9 Å². The summed E-state index contributed by atoms with van der Waals surface area (Å²) >= 11 is 0. The molecule has 1 aromatic carbocycles. The SMILES string of the molecule is C[C@H](Cc1cnccn1)Nc1ccc(-c2nc(COc3ccccc3)no2)cn1. The van der Waals surface area contributed by atoms with Crippen molar-refractivity contribution in [2.75, 3.05) is 5.32 Å². The molecule has 4 aromatic rings. The normalized spacial score (nSPS) is 11.8. The van der Waals surface area contributed by atoms with Crippen molar-refractivity contribution in [3.63, 3.8) is 0 Å². The number of nitrogens with one attached hydrogen (secondary N) is 1. The lowest BCUT2D eigenvalue weighted by molar-refractivity contribution is 0.287. The van der Waals surface area contributed by atoms with Crippen LogP contribution in [0.25, 0.3) is 11.5 Å². The van der Waals surface area contributed by atoms with Crippen LogP contribution in [0.5, 0.6) is 5.75 Å². The van der Waals surface area contributed by atoms with E-state index in [1.807, 2.05) is 42.5 Å². The number of pyridine rings is 1. The number of hydrogen-bond donors (Lipinski definition) is 1. The van der Waals surface area contributed by atoms with E-state index in [9.17, 15) is 0 Å². The minimum Gasteiger partial charge on any atom is -0.485 e. The third-order valence-electron chi connectivity index (χ3n) is 4.12. The van der Waals surface area contributed by atoms with Gasteiger partial charge in [0, 0.05) is 37.3 Å². The summed E-state index contributed by atoms with van der Waals surface area (Å²) in [4.78, 5) is 17.2. The van der Waals surface area contributed by atoms with Crippen molar-refractivity contribution < 1.29 is 9.26 Å². The molecule has 0 spiro atoms. The van der Waals surface area contributed by atoms with Gasteiger partial charge < -0.3 is 14.6 Å². The molecule has 29 heavy (non-hydrogen) atoms. The first-order valence-corrected chi connectivity index (χ1v) is 9.24. The molecule has 0 aliphatic heterocycles. The monoisotopic (exact) mass is 388 g/mol. The predicted octanol–water partition coefficient (Wildman–Crippen LogP) is 3.54. The number of anilines is 1. The van der Waals surface area contributed by atoms with Crippen LogP contribution >= 0.6 is 0 Å². The molecule has 8 heteroatoms. The van der Waals surface area contributed by atoms with Crippen molar-refractivity contribution in [3.05, 3.63) is 78.8 Å². The Morgan fingerprint density at radius 3 is 2.69 bits per heavy atom. The van der Waals surface area contributed by atoms with E-state index < -0.39 is 0 Å². The number of nitrogens with zero attached hydrogens (tertiary/aromatic N) is 5. The molecule has 146 valence electrons. The summed E-state index contributed by atoms with van der Waals surface area (Å²) in [5, 5.41) is 7.31. The number of aromatic nitrogens is 5. The maximum absolute atomic E-state index is 5.63. The molecule has 3 aromatic heterocycles. The fourth-order valence-corrected chi connectivity index (χ4v) is 2.75. The van der Waals surface area contributed by atoms with E-state index in [-0.39, 0.29) is 12.6 Å². The number of benzene rings is 1. The Bertz CT molecular complexity index is 1020. The van der Waals surface area contributed by atoms with Crippen molar-refractivity contribution in [1.82, 2.24) is 25.1 Å². The molecule has 0 aliphatic rings. The van der Waals surface area contributed by atoms with E-state index in [0.29, 0.717) is 11.7 Å². The van der Waals surface area contributed by atoms with Crippen molar-refractivity contribution in [1.29, 1.82) is 0 Å². The van der Waals surface area contributed by atoms with Gasteiger partial charge in [0.2, 0.25) is 5.82 Å². The molecule has 0 saturated heterocycles. The predicted molar refractivity (Wildman–Crippen MR) is 107 cm³/mol. The highest BCUT2D eigenvalue weighted by atomic mass is 16.5. The molecule has 3 heterocycles. The van der Waals surface area contributed by atoms with Gasteiger partial charge in [0.25, 0.3) is 5.89 Å². The van der Waals surface area contributed by atoms with Gasteiger partial charge in [0.15, 0.2) is 6.61 Å². The molecule has 0 amide bonds. The lowest BCUT2D eigenvalue weighted by Gasteiger charge is -2.13. The Morgan fingerprint density at radius 1 is 1.03 bits per heavy atom. The maximum Gasteiger partial charge on any atom is 0.259 e. The average molecular weight is 388 g/mol. The summed E-state index contributed by atoms with van der Waals surface area (Å²) in [6, 6.07) is 13.4. The summed E-state index contributed by atoms with van der Waals surface area (Å²) in [6.45, 7) is 2.31. The summed E-state index contributed by atoms with van der Waals surface area (Å²) < 4.78 is 11.0. The van der Waals surface area contributed by atoms with Gasteiger partial charge in [-0.3, -0.25) is 9.97 Å². The first-order valence-electron chi connectivity index (χ1n) is 9.24. The van der Waals surface area contributed by atoms with Gasteiger partial charge in [-0.15, -0.1) is 0 Å². The van der Waals surface area contributed by atoms with Crippen LogP contribution in [0.2, 0.25) is 0 Å². The number of hydrogen-bond acceptors (Lipinski definition) is 8. The molecule has 0 radical (unpaired) electrons. The lowest BCUT2D eigenvalue weighted by Crippen LogP contribution is -2.19. The molecule has 0 fully saturated rings. The summed E-state index contributed by atoms with van der Waals surface area (Å²) in [7, 11) is 0. The second-order valence-electron chi connectivity index (χ2n) is 6.50. The fourth-order valence-electron chi connectivity index (χ4n) is 2.75. The molecule has 0 bridgehead atoms. The van der Waals surface area contributed by atoms with Crippen LogP contribution in [0.4, 0.5) is 5.82 Å². The number of para-hydroxylation sites is 1. The van der Waals surface area contributed by atoms with Crippen molar-refractivity contribution in [2.45, 2.75) is 26.0 Å². The van der Waals surface area contributed by atoms with Gasteiger partial charge in [-0.1, -0.05) is 23.4 Å². The highest BCUT2D eigenvalue weighted by Crippen LogP contribution is 2.19. The van der Waals surface area contributed by atoms with Crippen LogP contribution in [-0.2, 0) is 13.0 Å². The van der Waals surface area contributed by atoms with Crippen LogP contribution in [0.15, 0.2) is 71.8 Å². The molecular weight excluding hydrogens is 368 g/mol. The van der Waals surface area contributed by atoms with Gasteiger partial charge in [-0.2, -0.15) is 4.98 Å². The van der Waals surface area contributed by atoms with E-state index in [2.05, 4.69) is 37.3 Å². The molecule has 0 unspecified atom stereocenters. The zero-order valence-electron chi connectivity index (χ0n) is 15.9. The van der Waals surface area contributed by atoms with E-state index in [1.165, 1.54) is 0 Å². The van der Waals surface area contributed by atoms with Crippen LogP contribution in [0, 0.1) is 0 Å². The van der Waals surface area contributed by atoms with Gasteiger partial charge >= 0.3 is 0 Å². The Hall–Kier alpha value is -3.81. The third kappa shape index (κ3) is 5.13. The zero-order chi connectivity index (χ0) is 19.9. The van der Waals surface area contributed by atoms with E-state index in [0.717, 1.165) is 29.2 Å². The number of rotatable bonds is 8. The fraction of sp³-hybridized carbons (Fsp3) is 0.190. The number of ether oxygens (including phenoxy) is 1. The molecule has 0 aliphatic carbocycles. The molecule has 8 nitrogen and oxygen atoms in total. The third-order valence-corrected chi connectivity index (χ3v) is 4.12. The molecule has 1 atom stereocenters. The lowest BCUT2D eigenvalue weighted by atomic mass is 10.2. The quantitative estimate of drug-likeness (QED) is 0.489. The van der Waals surface area contributed by atoms with Gasteiger partial charge in [-0.05, 0) is 31.2 Å². The maximum atomic E-state index is 5.63. The second kappa shape index (κ2) is 8.92. The average Bonchev–Trinajstić information content (AvgIpc) is 3.23. The highest BCUT2D eigenvalue weighted by Gasteiger charge is 2.11. The zero-order valence-corrected chi connectivity index (χ0v) is 15.9. The summed E-state index contributed by atoms with van der Waals surface area (Å²) in [6.07, 6.45) is 7.58. The molecule has 1 N–H and O–H groups in total. The molecule has 4 rings (SSSR count). The molecule has 0 saturated carbocycles. The minimum absolute atomic E-state index is 0.162. The Morgan fingerprint density at radius 2 is 1.93 bits per heavy atom. The summed E-state index contributed by atoms with van der Waals surface area (Å²) in [5.74, 6) is 2.40. The van der Waals surface area contributed by atoms with Crippen LogP contribution in [-0.4, -0.2) is 31.1 Å². The van der Waals surface area contributed by atoms with Crippen molar-refractivity contribution >= 4 is 5.82 Å². The van der Waals surface area contributed by atoms with Crippen molar-refractivity contribution in [2.24, 2.45) is 0 Å². The Kier molecular flexibility index (Phi) is 5.70. The highest BCUT2D eigenvalue weighted by molar-refractivity contribution is 5.54. The van der Waals surface area contributed by atoms with Gasteiger partial charge in [0.1, 0.15) is 11.6 Å². The largest absolute Gasteiger partial charge is 0.485 e. The van der Waals surface area contributed by atoms with E-state index in [1.54, 1.807) is 24.8 Å². The van der Waals surface area contributed by atoms with Crippen LogP contribution in [0.3, 0.4) is 0 Å². The van der Waals surface area contributed by atoms with E-state index >= 15 is 0 Å². The van der Waals surface area contributed by atoms with E-state index in [4.69, 9.17) is 9.26 Å². The standard InChI is InChI=1S/C21H20N6O2/c1-15(11-17-13-22-9-10-23-17)25-19-8-7-16(12-24-19)21-26-20(27-29-21)14-28-18-5-3-2-4-6-18/h2-10,12-13,15H,11,14H2,1H3,(H,24,25)/t15-/m1/s1. The Labute approximate surface area is 168 Å².